The highest BCUT2D eigenvalue weighted by atomic mass is 35.5. The second kappa shape index (κ2) is 6.44. The number of imide groups is 1. The Balaban J connectivity index is 2.67. The van der Waals surface area contributed by atoms with Crippen molar-refractivity contribution in [1.29, 1.82) is 0 Å². The fourth-order valence-electron chi connectivity index (χ4n) is 1.78. The Kier molecular flexibility index (Phi) is 5.21. The number of urea groups is 1. The van der Waals surface area contributed by atoms with Crippen molar-refractivity contribution in [3.63, 3.8) is 0 Å². The van der Waals surface area contributed by atoms with Gasteiger partial charge in [0, 0.05) is 6.54 Å². The van der Waals surface area contributed by atoms with Crippen LogP contribution in [0.25, 0.3) is 0 Å². The minimum atomic E-state index is -0.614. The van der Waals surface area contributed by atoms with Gasteiger partial charge in [0.2, 0.25) is 5.91 Å². The van der Waals surface area contributed by atoms with E-state index >= 15 is 0 Å². The van der Waals surface area contributed by atoms with Crippen LogP contribution in [-0.4, -0.2) is 48.4 Å². The van der Waals surface area contributed by atoms with Gasteiger partial charge in [-0.2, -0.15) is 0 Å². The third kappa shape index (κ3) is 3.59. The number of methoxy groups -OCH3 is 1. The molecule has 0 saturated carbocycles. The largest absolute Gasteiger partial charge is 0.467 e. The molecule has 1 aliphatic heterocycles. The number of hydrogen-bond acceptors (Lipinski definition) is 4. The predicted octanol–water partition coefficient (Wildman–Crippen LogP) is 0.489. The molecule has 0 spiro atoms. The zero-order valence-electron chi connectivity index (χ0n) is 9.57. The molecule has 0 aromatic carbocycles. The molecule has 1 N–H and O–H groups in total. The summed E-state index contributed by atoms with van der Waals surface area (Å²) < 4.78 is 4.63. The molecule has 96 valence electrons. The van der Waals surface area contributed by atoms with E-state index in [9.17, 15) is 14.4 Å². The van der Waals surface area contributed by atoms with E-state index in [2.05, 4.69) is 10.1 Å². The van der Waals surface area contributed by atoms with E-state index in [0.29, 0.717) is 13.0 Å². The van der Waals surface area contributed by atoms with Crippen LogP contribution in [-0.2, 0) is 14.3 Å². The van der Waals surface area contributed by atoms with E-state index < -0.39 is 23.9 Å². The van der Waals surface area contributed by atoms with Gasteiger partial charge in [-0.3, -0.25) is 10.1 Å². The molecular weight excluding hydrogens is 248 g/mol. The maximum atomic E-state index is 11.7. The van der Waals surface area contributed by atoms with Crippen LogP contribution in [0.5, 0.6) is 0 Å². The zero-order valence-corrected chi connectivity index (χ0v) is 10.3. The molecule has 3 amide bonds. The van der Waals surface area contributed by atoms with Crippen LogP contribution in [0, 0.1) is 0 Å². The first-order valence-corrected chi connectivity index (χ1v) is 5.88. The first kappa shape index (κ1) is 13.8. The van der Waals surface area contributed by atoms with E-state index in [1.165, 1.54) is 12.0 Å². The molecule has 1 heterocycles. The van der Waals surface area contributed by atoms with Gasteiger partial charge in [0.25, 0.3) is 0 Å². The van der Waals surface area contributed by atoms with E-state index in [1.807, 2.05) is 0 Å². The van der Waals surface area contributed by atoms with E-state index in [4.69, 9.17) is 11.6 Å². The number of carbonyl (C=O) groups is 3. The van der Waals surface area contributed by atoms with Crippen LogP contribution in [0.2, 0.25) is 0 Å². The quantitative estimate of drug-likeness (QED) is 0.580. The average molecular weight is 263 g/mol. The monoisotopic (exact) mass is 262 g/mol. The number of esters is 1. The Morgan fingerprint density at radius 3 is 2.71 bits per heavy atom. The second-order valence-corrected chi connectivity index (χ2v) is 3.98. The Morgan fingerprint density at radius 1 is 1.41 bits per heavy atom. The lowest BCUT2D eigenvalue weighted by Gasteiger charge is -2.33. The van der Waals surface area contributed by atoms with Crippen LogP contribution in [0.15, 0.2) is 0 Å². The van der Waals surface area contributed by atoms with Crippen molar-refractivity contribution in [1.82, 2.24) is 10.2 Å². The summed E-state index contributed by atoms with van der Waals surface area (Å²) in [6.45, 7) is 0.432. The van der Waals surface area contributed by atoms with Gasteiger partial charge < -0.3 is 9.64 Å². The van der Waals surface area contributed by atoms with Crippen LogP contribution in [0.1, 0.15) is 19.3 Å². The highest BCUT2D eigenvalue weighted by Crippen LogP contribution is 2.18. The second-order valence-electron chi connectivity index (χ2n) is 3.72. The summed E-state index contributed by atoms with van der Waals surface area (Å²) in [6, 6.07) is -1.21. The molecule has 1 unspecified atom stereocenters. The lowest BCUT2D eigenvalue weighted by atomic mass is 10.0. The molecule has 1 aliphatic rings. The van der Waals surface area contributed by atoms with Crippen LogP contribution >= 0.6 is 11.6 Å². The Hall–Kier alpha value is -1.30. The van der Waals surface area contributed by atoms with Gasteiger partial charge in [-0.25, -0.2) is 9.59 Å². The molecule has 6 nitrogen and oxygen atoms in total. The van der Waals surface area contributed by atoms with Crippen molar-refractivity contribution < 1.29 is 19.1 Å². The Morgan fingerprint density at radius 2 is 2.12 bits per heavy atom. The number of hydrogen-bond donors (Lipinski definition) is 1. The van der Waals surface area contributed by atoms with Crippen molar-refractivity contribution >= 4 is 29.5 Å². The first-order valence-electron chi connectivity index (χ1n) is 5.34. The summed E-state index contributed by atoms with van der Waals surface area (Å²) >= 11 is 5.29. The highest BCUT2D eigenvalue weighted by molar-refractivity contribution is 6.28. The van der Waals surface area contributed by atoms with E-state index in [0.717, 1.165) is 12.8 Å². The van der Waals surface area contributed by atoms with Crippen molar-refractivity contribution in [3.05, 3.63) is 0 Å². The van der Waals surface area contributed by atoms with E-state index in [1.54, 1.807) is 0 Å². The molecule has 0 aliphatic carbocycles. The summed E-state index contributed by atoms with van der Waals surface area (Å²) in [6.07, 6.45) is 2.21. The minimum absolute atomic E-state index is 0.289. The molecule has 0 aromatic heterocycles. The number of amides is 3. The lowest BCUT2D eigenvalue weighted by Crippen LogP contribution is -2.53. The van der Waals surface area contributed by atoms with Gasteiger partial charge in [-0.15, -0.1) is 11.6 Å². The van der Waals surface area contributed by atoms with Gasteiger partial charge in [0.1, 0.15) is 11.9 Å². The van der Waals surface area contributed by atoms with Gasteiger partial charge in [-0.05, 0) is 19.3 Å². The van der Waals surface area contributed by atoms with Gasteiger partial charge >= 0.3 is 12.0 Å². The molecule has 1 fully saturated rings. The number of piperidine rings is 1. The number of ether oxygens (including phenoxy) is 1. The summed E-state index contributed by atoms with van der Waals surface area (Å²) in [5.74, 6) is -1.33. The summed E-state index contributed by atoms with van der Waals surface area (Å²) in [7, 11) is 1.27. The number of nitrogens with zero attached hydrogens (tertiary/aromatic N) is 1. The topological polar surface area (TPSA) is 75.7 Å². The van der Waals surface area contributed by atoms with Crippen LogP contribution < -0.4 is 5.32 Å². The molecular formula is C10H15ClN2O4. The third-order valence-corrected chi connectivity index (χ3v) is 2.85. The highest BCUT2D eigenvalue weighted by Gasteiger charge is 2.33. The van der Waals surface area contributed by atoms with Crippen molar-refractivity contribution in [2.75, 3.05) is 19.5 Å². The molecule has 1 rings (SSSR count). The minimum Gasteiger partial charge on any atom is -0.467 e. The van der Waals surface area contributed by atoms with Crippen molar-refractivity contribution in [3.8, 4) is 0 Å². The number of carbonyl (C=O) groups excluding carboxylic acids is 3. The van der Waals surface area contributed by atoms with Gasteiger partial charge in [-0.1, -0.05) is 0 Å². The number of nitrogens with one attached hydrogen (secondary N) is 1. The fourth-order valence-corrected chi connectivity index (χ4v) is 1.85. The van der Waals surface area contributed by atoms with Crippen molar-refractivity contribution in [2.24, 2.45) is 0 Å². The van der Waals surface area contributed by atoms with Crippen LogP contribution in [0.4, 0.5) is 4.79 Å². The predicted molar refractivity (Wildman–Crippen MR) is 60.6 cm³/mol. The molecule has 1 saturated heterocycles. The lowest BCUT2D eigenvalue weighted by molar-refractivity contribution is -0.147. The zero-order chi connectivity index (χ0) is 12.8. The van der Waals surface area contributed by atoms with Crippen LogP contribution in [0.3, 0.4) is 0 Å². The number of rotatable bonds is 2. The first-order chi connectivity index (χ1) is 8.10. The third-order valence-electron chi connectivity index (χ3n) is 2.60. The standard InChI is InChI=1S/C10H15ClN2O4/c1-17-9(15)7-4-2-3-5-13(7)10(16)12-8(14)6-11/h7H,2-6H2,1H3,(H,12,14,16). The smallest absolute Gasteiger partial charge is 0.328 e. The molecule has 0 radical (unpaired) electrons. The van der Waals surface area contributed by atoms with Gasteiger partial charge in [0.05, 0.1) is 7.11 Å². The SMILES string of the molecule is COC(=O)C1CCCCN1C(=O)NC(=O)CCl. The molecule has 0 aromatic rings. The molecule has 17 heavy (non-hydrogen) atoms. The summed E-state index contributed by atoms with van der Waals surface area (Å²) in [5.41, 5.74) is 0. The number of alkyl halides is 1. The molecule has 0 bridgehead atoms. The number of likely N-dealkylation sites (tertiary alicyclic amines) is 1. The molecule has 1 atom stereocenters. The fraction of sp³-hybridized carbons (Fsp3) is 0.700. The Labute approximate surface area is 104 Å². The van der Waals surface area contributed by atoms with E-state index in [-0.39, 0.29) is 5.88 Å². The summed E-state index contributed by atoms with van der Waals surface area (Å²) in [5, 5.41) is 2.12. The maximum Gasteiger partial charge on any atom is 0.328 e. The maximum absolute atomic E-state index is 11.7. The van der Waals surface area contributed by atoms with Crippen molar-refractivity contribution in [2.45, 2.75) is 25.3 Å². The number of halogens is 1. The Bertz CT molecular complexity index is 321. The normalized spacial score (nSPS) is 19.6. The molecule has 7 heteroatoms. The summed E-state index contributed by atoms with van der Waals surface area (Å²) in [4.78, 5) is 35.5. The average Bonchev–Trinajstić information content (AvgIpc) is 2.37. The van der Waals surface area contributed by atoms with Gasteiger partial charge in [0.15, 0.2) is 0 Å².